The van der Waals surface area contributed by atoms with Crippen LogP contribution >= 0.6 is 0 Å². The smallest absolute Gasteiger partial charge is 0.328 e. The number of hydrogen-bond donors (Lipinski definition) is 1. The van der Waals surface area contributed by atoms with Gasteiger partial charge in [0.05, 0.1) is 0 Å². The number of carbonyl (C=O) groups is 2. The summed E-state index contributed by atoms with van der Waals surface area (Å²) in [4.78, 5) is 28.6. The summed E-state index contributed by atoms with van der Waals surface area (Å²) in [6.45, 7) is 8.24. The molecule has 0 aliphatic carbocycles. The first-order valence-electron chi connectivity index (χ1n) is 6.77. The van der Waals surface area contributed by atoms with E-state index in [9.17, 15) is 9.59 Å². The van der Waals surface area contributed by atoms with Crippen LogP contribution < -0.4 is 0 Å². The molecule has 5 heteroatoms. The normalized spacial score (nSPS) is 13.2. The summed E-state index contributed by atoms with van der Waals surface area (Å²) in [6.07, 6.45) is 3.96. The lowest BCUT2D eigenvalue weighted by Gasteiger charge is -2.35. The third kappa shape index (κ3) is 4.70. The fourth-order valence-electron chi connectivity index (χ4n) is 1.74. The molecule has 0 bridgehead atoms. The lowest BCUT2D eigenvalue weighted by Crippen LogP contribution is -2.43. The molecule has 0 aromatic carbocycles. The second-order valence-corrected chi connectivity index (χ2v) is 6.11. The number of rotatable bonds is 4. The minimum atomic E-state index is -1.02. The summed E-state index contributed by atoms with van der Waals surface area (Å²) in [6, 6.07) is 3.35. The van der Waals surface area contributed by atoms with Gasteiger partial charge in [0, 0.05) is 25.4 Å². The van der Waals surface area contributed by atoms with Crippen LogP contribution in [0.1, 0.15) is 43.7 Å². The molecule has 0 spiro atoms. The molecular weight excluding hydrogens is 268 g/mol. The van der Waals surface area contributed by atoms with Crippen molar-refractivity contribution in [3.05, 3.63) is 35.7 Å². The number of pyridine rings is 1. The van der Waals surface area contributed by atoms with Crippen LogP contribution in [0.2, 0.25) is 0 Å². The van der Waals surface area contributed by atoms with E-state index in [2.05, 4.69) is 25.8 Å². The summed E-state index contributed by atoms with van der Waals surface area (Å²) >= 11 is 0. The maximum atomic E-state index is 12.4. The van der Waals surface area contributed by atoms with Crippen LogP contribution in [-0.2, 0) is 4.79 Å². The molecule has 1 aromatic rings. The van der Waals surface area contributed by atoms with Crippen LogP contribution in [0.15, 0.2) is 24.4 Å². The summed E-state index contributed by atoms with van der Waals surface area (Å²) in [7, 11) is 1.76. The number of amides is 1. The van der Waals surface area contributed by atoms with E-state index in [1.165, 1.54) is 12.3 Å². The van der Waals surface area contributed by atoms with E-state index in [0.717, 1.165) is 6.08 Å². The molecule has 1 atom stereocenters. The van der Waals surface area contributed by atoms with Crippen molar-refractivity contribution in [2.24, 2.45) is 5.41 Å². The quantitative estimate of drug-likeness (QED) is 0.865. The zero-order chi connectivity index (χ0) is 16.2. The molecule has 114 valence electrons. The van der Waals surface area contributed by atoms with Gasteiger partial charge in [0.2, 0.25) is 0 Å². The Hall–Kier alpha value is -2.17. The highest BCUT2D eigenvalue weighted by molar-refractivity contribution is 5.92. The van der Waals surface area contributed by atoms with Crippen molar-refractivity contribution in [2.75, 3.05) is 7.05 Å². The van der Waals surface area contributed by atoms with E-state index < -0.39 is 5.97 Å². The highest BCUT2D eigenvalue weighted by atomic mass is 16.4. The van der Waals surface area contributed by atoms with Crippen molar-refractivity contribution in [3.63, 3.8) is 0 Å². The second kappa shape index (κ2) is 6.52. The molecule has 0 radical (unpaired) electrons. The zero-order valence-electron chi connectivity index (χ0n) is 13.1. The second-order valence-electron chi connectivity index (χ2n) is 6.11. The molecule has 1 heterocycles. The van der Waals surface area contributed by atoms with Gasteiger partial charge in [-0.1, -0.05) is 26.8 Å². The largest absolute Gasteiger partial charge is 0.478 e. The van der Waals surface area contributed by atoms with E-state index in [1.807, 2.05) is 6.92 Å². The van der Waals surface area contributed by atoms with Gasteiger partial charge in [0.25, 0.3) is 5.91 Å². The van der Waals surface area contributed by atoms with Crippen LogP contribution in [0, 0.1) is 5.41 Å². The number of hydrogen-bond acceptors (Lipinski definition) is 3. The van der Waals surface area contributed by atoms with E-state index >= 15 is 0 Å². The number of aliphatic carboxylic acids is 1. The number of carbonyl (C=O) groups excluding carboxylic acids is 1. The Balaban J connectivity index is 2.87. The molecule has 1 rings (SSSR count). The Morgan fingerprint density at radius 1 is 1.33 bits per heavy atom. The molecule has 1 N–H and O–H groups in total. The van der Waals surface area contributed by atoms with Gasteiger partial charge in [-0.3, -0.25) is 9.78 Å². The molecule has 0 aliphatic heterocycles. The molecule has 0 saturated heterocycles. The van der Waals surface area contributed by atoms with Crippen LogP contribution in [0.4, 0.5) is 0 Å². The highest BCUT2D eigenvalue weighted by Gasteiger charge is 2.27. The molecule has 0 fully saturated rings. The number of aromatic nitrogens is 1. The van der Waals surface area contributed by atoms with E-state index in [0.29, 0.717) is 11.3 Å². The molecule has 1 aromatic heterocycles. The van der Waals surface area contributed by atoms with Crippen molar-refractivity contribution < 1.29 is 14.7 Å². The van der Waals surface area contributed by atoms with Gasteiger partial charge in [-0.25, -0.2) is 4.79 Å². The van der Waals surface area contributed by atoms with E-state index in [1.54, 1.807) is 24.1 Å². The molecule has 5 nitrogen and oxygen atoms in total. The average Bonchev–Trinajstić information content (AvgIpc) is 2.42. The topological polar surface area (TPSA) is 70.5 Å². The maximum Gasteiger partial charge on any atom is 0.328 e. The van der Waals surface area contributed by atoms with Crippen molar-refractivity contribution in [2.45, 2.75) is 33.7 Å². The lowest BCUT2D eigenvalue weighted by molar-refractivity contribution is -0.131. The van der Waals surface area contributed by atoms with Crippen LogP contribution in [0.25, 0.3) is 6.08 Å². The average molecular weight is 290 g/mol. The Kier molecular flexibility index (Phi) is 5.24. The summed E-state index contributed by atoms with van der Waals surface area (Å²) in [5, 5.41) is 8.56. The summed E-state index contributed by atoms with van der Waals surface area (Å²) in [5.41, 5.74) is 0.968. The van der Waals surface area contributed by atoms with Gasteiger partial charge in [-0.15, -0.1) is 0 Å². The number of carboxylic acid groups (broad SMARTS) is 1. The van der Waals surface area contributed by atoms with Crippen LogP contribution in [0.3, 0.4) is 0 Å². The molecule has 1 amide bonds. The van der Waals surface area contributed by atoms with Gasteiger partial charge >= 0.3 is 5.97 Å². The van der Waals surface area contributed by atoms with E-state index in [4.69, 9.17) is 5.11 Å². The van der Waals surface area contributed by atoms with Gasteiger partial charge in [0.1, 0.15) is 5.69 Å². The predicted molar refractivity (Wildman–Crippen MR) is 81.9 cm³/mol. The molecule has 0 aliphatic rings. The Labute approximate surface area is 125 Å². The van der Waals surface area contributed by atoms with Crippen molar-refractivity contribution >= 4 is 18.0 Å². The molecule has 0 saturated carbocycles. The fourth-order valence-corrected chi connectivity index (χ4v) is 1.74. The Morgan fingerprint density at radius 2 is 1.95 bits per heavy atom. The fraction of sp³-hybridized carbons (Fsp3) is 0.438. The predicted octanol–water partition coefficient (Wildman–Crippen LogP) is 2.69. The van der Waals surface area contributed by atoms with Gasteiger partial charge in [-0.05, 0) is 30.0 Å². The highest BCUT2D eigenvalue weighted by Crippen LogP contribution is 2.23. The summed E-state index contributed by atoms with van der Waals surface area (Å²) < 4.78 is 0. The number of nitrogens with zero attached hydrogens (tertiary/aromatic N) is 2. The third-order valence-corrected chi connectivity index (χ3v) is 3.58. The standard InChI is InChI=1S/C16H22N2O3/c1-11(16(2,3)4)18(5)15(21)13-8-6-12(10-17-13)7-9-14(19)20/h6-11H,1-5H3,(H,19,20). The Morgan fingerprint density at radius 3 is 2.38 bits per heavy atom. The van der Waals surface area contributed by atoms with E-state index in [-0.39, 0.29) is 17.4 Å². The first-order valence-corrected chi connectivity index (χ1v) is 6.77. The van der Waals surface area contributed by atoms with Crippen molar-refractivity contribution in [1.29, 1.82) is 0 Å². The monoisotopic (exact) mass is 290 g/mol. The summed E-state index contributed by atoms with van der Waals surface area (Å²) in [5.74, 6) is -1.17. The maximum absolute atomic E-state index is 12.4. The number of carboxylic acids is 1. The zero-order valence-corrected chi connectivity index (χ0v) is 13.1. The SMILES string of the molecule is CC(N(C)C(=O)c1ccc(C=CC(=O)O)cn1)C(C)(C)C. The van der Waals surface area contributed by atoms with Crippen molar-refractivity contribution in [3.8, 4) is 0 Å². The van der Waals surface area contributed by atoms with Crippen molar-refractivity contribution in [1.82, 2.24) is 9.88 Å². The minimum Gasteiger partial charge on any atom is -0.478 e. The lowest BCUT2D eigenvalue weighted by atomic mass is 9.87. The Bertz CT molecular complexity index is 542. The minimum absolute atomic E-state index is 0.0193. The van der Waals surface area contributed by atoms with Crippen LogP contribution in [0.5, 0.6) is 0 Å². The van der Waals surface area contributed by atoms with Crippen LogP contribution in [-0.4, -0.2) is 40.0 Å². The first-order chi connectivity index (χ1) is 9.62. The van der Waals surface area contributed by atoms with Gasteiger partial charge in [0.15, 0.2) is 0 Å². The van der Waals surface area contributed by atoms with Gasteiger partial charge < -0.3 is 10.0 Å². The third-order valence-electron chi connectivity index (χ3n) is 3.58. The molecule has 1 unspecified atom stereocenters. The molecular formula is C16H22N2O3. The first kappa shape index (κ1) is 16.9. The molecule has 21 heavy (non-hydrogen) atoms. The van der Waals surface area contributed by atoms with Gasteiger partial charge in [-0.2, -0.15) is 0 Å².